The molecule has 0 aromatic carbocycles. The molecular weight excluding hydrogens is 246 g/mol. The van der Waals surface area contributed by atoms with Crippen LogP contribution >= 0.6 is 11.6 Å². The highest BCUT2D eigenvalue weighted by molar-refractivity contribution is 7.91. The molecule has 1 unspecified atom stereocenters. The number of rotatable bonds is 2. The van der Waals surface area contributed by atoms with E-state index in [0.29, 0.717) is 11.4 Å². The van der Waals surface area contributed by atoms with Crippen LogP contribution in [0.15, 0.2) is 16.8 Å². The van der Waals surface area contributed by atoms with Gasteiger partial charge in [0.1, 0.15) is 27.5 Å². The molecule has 0 radical (unpaired) electrons. The minimum absolute atomic E-state index is 0.273. The summed E-state index contributed by atoms with van der Waals surface area (Å²) in [6, 6.07) is 0. The van der Waals surface area contributed by atoms with Crippen molar-refractivity contribution in [1.29, 1.82) is 0 Å². The van der Waals surface area contributed by atoms with Gasteiger partial charge in [0.05, 0.1) is 0 Å². The predicted molar refractivity (Wildman–Crippen MR) is 67.1 cm³/mol. The first-order chi connectivity index (χ1) is 7.32. The maximum Gasteiger partial charge on any atom is 0.156 e. The molecule has 6 heteroatoms. The van der Waals surface area contributed by atoms with E-state index in [0.717, 1.165) is 0 Å². The molecule has 0 fully saturated rings. The first-order valence-corrected chi connectivity index (χ1v) is 6.25. The Kier molecular flexibility index (Phi) is 4.29. The quantitative estimate of drug-likeness (QED) is 0.605. The highest BCUT2D eigenvalue weighted by Gasteiger charge is 2.27. The van der Waals surface area contributed by atoms with Crippen LogP contribution in [0.3, 0.4) is 0 Å². The molecule has 0 bridgehead atoms. The van der Waals surface area contributed by atoms with Crippen molar-refractivity contribution in [3.63, 3.8) is 0 Å². The predicted octanol–water partition coefficient (Wildman–Crippen LogP) is 2.40. The molecule has 88 valence electrons. The Morgan fingerprint density at radius 3 is 2.44 bits per heavy atom. The van der Waals surface area contributed by atoms with Gasteiger partial charge in [0.2, 0.25) is 0 Å². The molecule has 1 atom stereocenters. The van der Waals surface area contributed by atoms with Crippen molar-refractivity contribution in [2.45, 2.75) is 32.4 Å². The molecule has 0 amide bonds. The number of nitrogens with zero attached hydrogens (tertiary/aromatic N) is 3. The van der Waals surface area contributed by atoms with E-state index in [2.05, 4.69) is 14.4 Å². The second-order valence-electron chi connectivity index (χ2n) is 4.23. The maximum absolute atomic E-state index is 11.8. The molecule has 1 aromatic rings. The Morgan fingerprint density at radius 2 is 1.94 bits per heavy atom. The van der Waals surface area contributed by atoms with Crippen molar-refractivity contribution >= 4 is 28.7 Å². The third-order valence-corrected chi connectivity index (χ3v) is 3.50. The van der Waals surface area contributed by atoms with Crippen molar-refractivity contribution in [3.05, 3.63) is 23.2 Å². The Balaban J connectivity index is 2.99. The van der Waals surface area contributed by atoms with Gasteiger partial charge in [-0.3, -0.25) is 0 Å². The van der Waals surface area contributed by atoms with Gasteiger partial charge in [-0.1, -0.05) is 16.0 Å². The molecule has 0 aliphatic heterocycles. The van der Waals surface area contributed by atoms with Crippen LogP contribution in [0.5, 0.6) is 0 Å². The lowest BCUT2D eigenvalue weighted by atomic mass is 10.3. The van der Waals surface area contributed by atoms with Crippen LogP contribution < -0.4 is 0 Å². The lowest BCUT2D eigenvalue weighted by Gasteiger charge is -2.18. The Morgan fingerprint density at radius 1 is 1.38 bits per heavy atom. The van der Waals surface area contributed by atoms with Gasteiger partial charge in [0.15, 0.2) is 5.15 Å². The maximum atomic E-state index is 11.8. The average molecular weight is 260 g/mol. The molecule has 0 saturated carbocycles. The minimum atomic E-state index is -1.31. The molecule has 0 aliphatic rings. The standard InChI is InChI=1S/C10H14ClN3OS/c1-7(14-16(15)10(2,3)4)8-9(11)13-6-5-12-8/h5-6H,1-4H3/b14-7+. The van der Waals surface area contributed by atoms with E-state index >= 15 is 0 Å². The summed E-state index contributed by atoms with van der Waals surface area (Å²) in [5, 5.41) is 0.273. The van der Waals surface area contributed by atoms with Crippen molar-refractivity contribution in [3.8, 4) is 0 Å². The third kappa shape index (κ3) is 3.43. The summed E-state index contributed by atoms with van der Waals surface area (Å²) in [4.78, 5) is 7.95. The van der Waals surface area contributed by atoms with E-state index in [1.807, 2.05) is 20.8 Å². The van der Waals surface area contributed by atoms with Gasteiger partial charge in [-0.25, -0.2) is 9.97 Å². The van der Waals surface area contributed by atoms with E-state index < -0.39 is 16.1 Å². The summed E-state index contributed by atoms with van der Waals surface area (Å²) in [5.74, 6) is 0. The summed E-state index contributed by atoms with van der Waals surface area (Å²) in [5.41, 5.74) is 1.01. The summed E-state index contributed by atoms with van der Waals surface area (Å²) in [6.45, 7) is 7.30. The number of hydrogen-bond acceptors (Lipinski definition) is 4. The van der Waals surface area contributed by atoms with Crippen LogP contribution in [0.2, 0.25) is 5.15 Å². The SMILES string of the molecule is C/C(=N\[S+]([O-])C(C)(C)C)c1nccnc1Cl. The number of halogens is 1. The van der Waals surface area contributed by atoms with Crippen molar-refractivity contribution in [1.82, 2.24) is 9.97 Å². The fourth-order valence-electron chi connectivity index (χ4n) is 0.868. The first kappa shape index (κ1) is 13.4. The van der Waals surface area contributed by atoms with Crippen LogP contribution in [-0.4, -0.2) is 25.0 Å². The second-order valence-corrected chi connectivity index (χ2v) is 6.50. The fraction of sp³-hybridized carbons (Fsp3) is 0.500. The topological polar surface area (TPSA) is 61.2 Å². The lowest BCUT2D eigenvalue weighted by molar-refractivity contribution is 0.561. The van der Waals surface area contributed by atoms with Crippen molar-refractivity contribution in [2.24, 2.45) is 4.40 Å². The number of hydrogen-bond donors (Lipinski definition) is 0. The van der Waals surface area contributed by atoms with Gasteiger partial charge in [-0.15, -0.1) is 0 Å². The summed E-state index contributed by atoms with van der Waals surface area (Å²) >= 11 is 4.55. The fourth-order valence-corrected chi connectivity index (χ4v) is 1.72. The zero-order valence-electron chi connectivity index (χ0n) is 9.69. The smallest absolute Gasteiger partial charge is 0.156 e. The van der Waals surface area contributed by atoms with E-state index in [-0.39, 0.29) is 5.15 Å². The van der Waals surface area contributed by atoms with Crippen molar-refractivity contribution < 1.29 is 4.55 Å². The molecule has 0 N–H and O–H groups in total. The summed E-state index contributed by atoms with van der Waals surface area (Å²) in [7, 11) is 0. The highest BCUT2D eigenvalue weighted by Crippen LogP contribution is 2.19. The Labute approximate surface area is 103 Å². The molecule has 1 aromatic heterocycles. The minimum Gasteiger partial charge on any atom is -0.591 e. The summed E-state index contributed by atoms with van der Waals surface area (Å²) in [6.07, 6.45) is 3.03. The Hall–Kier alpha value is -0.650. The molecule has 4 nitrogen and oxygen atoms in total. The first-order valence-electron chi connectivity index (χ1n) is 4.76. The van der Waals surface area contributed by atoms with Crippen LogP contribution in [-0.2, 0) is 11.4 Å². The Bertz CT molecular complexity index is 403. The monoisotopic (exact) mass is 259 g/mol. The molecule has 16 heavy (non-hydrogen) atoms. The molecule has 0 aliphatic carbocycles. The van der Waals surface area contributed by atoms with Crippen LogP contribution in [0.25, 0.3) is 0 Å². The van der Waals surface area contributed by atoms with Crippen LogP contribution in [0.1, 0.15) is 33.4 Å². The van der Waals surface area contributed by atoms with Gasteiger partial charge in [-0.2, -0.15) is 0 Å². The second kappa shape index (κ2) is 5.12. The van der Waals surface area contributed by atoms with Gasteiger partial charge in [-0.05, 0) is 27.7 Å². The summed E-state index contributed by atoms with van der Waals surface area (Å²) < 4.78 is 15.5. The molecular formula is C10H14ClN3OS. The molecule has 0 spiro atoms. The van der Waals surface area contributed by atoms with E-state index in [1.165, 1.54) is 12.4 Å². The largest absolute Gasteiger partial charge is 0.591 e. The molecule has 1 rings (SSSR count). The van der Waals surface area contributed by atoms with E-state index in [4.69, 9.17) is 11.6 Å². The van der Waals surface area contributed by atoms with Crippen LogP contribution in [0, 0.1) is 0 Å². The molecule has 0 saturated heterocycles. The zero-order chi connectivity index (χ0) is 12.3. The third-order valence-electron chi connectivity index (χ3n) is 1.74. The lowest BCUT2D eigenvalue weighted by Crippen LogP contribution is -2.26. The van der Waals surface area contributed by atoms with E-state index in [9.17, 15) is 4.55 Å². The zero-order valence-corrected chi connectivity index (χ0v) is 11.3. The van der Waals surface area contributed by atoms with Gasteiger partial charge >= 0.3 is 0 Å². The van der Waals surface area contributed by atoms with E-state index in [1.54, 1.807) is 6.92 Å². The van der Waals surface area contributed by atoms with Gasteiger partial charge in [0, 0.05) is 12.4 Å². The van der Waals surface area contributed by atoms with Gasteiger partial charge < -0.3 is 4.55 Å². The normalized spacial score (nSPS) is 15.0. The van der Waals surface area contributed by atoms with Crippen molar-refractivity contribution in [2.75, 3.05) is 0 Å². The van der Waals surface area contributed by atoms with Gasteiger partial charge in [0.25, 0.3) is 0 Å². The highest BCUT2D eigenvalue weighted by atomic mass is 35.5. The molecule has 1 heterocycles. The average Bonchev–Trinajstić information content (AvgIpc) is 2.16. The van der Waals surface area contributed by atoms with Crippen LogP contribution in [0.4, 0.5) is 0 Å². The number of aromatic nitrogens is 2.